The van der Waals surface area contributed by atoms with Gasteiger partial charge in [0.25, 0.3) is 0 Å². The monoisotopic (exact) mass is 370 g/mol. The summed E-state index contributed by atoms with van der Waals surface area (Å²) >= 11 is 0. The molecule has 0 aliphatic heterocycles. The van der Waals surface area contributed by atoms with Crippen LogP contribution in [0.2, 0.25) is 0 Å². The van der Waals surface area contributed by atoms with Crippen molar-refractivity contribution in [1.29, 1.82) is 0 Å². The largest absolute Gasteiger partial charge is 0.497 e. The summed E-state index contributed by atoms with van der Waals surface area (Å²) in [4.78, 5) is 25.7. The maximum Gasteiger partial charge on any atom is 0.223 e. The number of benzene rings is 2. The molecule has 0 aliphatic rings. The molecule has 6 nitrogen and oxygen atoms in total. The van der Waals surface area contributed by atoms with Crippen LogP contribution < -0.4 is 19.7 Å². The second-order valence-electron chi connectivity index (χ2n) is 6.04. The number of nitrogens with zero attached hydrogens (tertiary/aromatic N) is 1. The van der Waals surface area contributed by atoms with Crippen LogP contribution in [0.15, 0.2) is 48.5 Å². The van der Waals surface area contributed by atoms with Gasteiger partial charge in [-0.3, -0.25) is 9.59 Å². The molecule has 2 aromatic carbocycles. The summed E-state index contributed by atoms with van der Waals surface area (Å²) in [6.07, 6.45) is 0.932. The Morgan fingerprint density at radius 3 is 2.52 bits per heavy atom. The summed E-state index contributed by atoms with van der Waals surface area (Å²) in [5, 5.41) is 2.89. The van der Waals surface area contributed by atoms with Crippen LogP contribution in [0.25, 0.3) is 0 Å². The first-order valence-corrected chi connectivity index (χ1v) is 8.86. The normalized spacial score (nSPS) is 10.2. The highest BCUT2D eigenvalue weighted by atomic mass is 16.5. The zero-order chi connectivity index (χ0) is 19.6. The number of amides is 2. The number of nitrogens with one attached hydrogen (secondary N) is 1. The lowest BCUT2D eigenvalue weighted by Gasteiger charge is -2.23. The van der Waals surface area contributed by atoms with E-state index in [0.29, 0.717) is 30.9 Å². The second kappa shape index (κ2) is 10.2. The molecule has 0 saturated carbocycles. The second-order valence-corrected chi connectivity index (χ2v) is 6.04. The van der Waals surface area contributed by atoms with Gasteiger partial charge in [0.2, 0.25) is 11.8 Å². The number of para-hydroxylation sites is 2. The summed E-state index contributed by atoms with van der Waals surface area (Å²) in [5.74, 6) is 1.17. The van der Waals surface area contributed by atoms with Crippen molar-refractivity contribution in [3.05, 3.63) is 54.1 Å². The van der Waals surface area contributed by atoms with Gasteiger partial charge in [-0.25, -0.2) is 0 Å². The minimum atomic E-state index is -0.135. The molecule has 27 heavy (non-hydrogen) atoms. The highest BCUT2D eigenvalue weighted by molar-refractivity contribution is 5.93. The van der Waals surface area contributed by atoms with Gasteiger partial charge in [0.1, 0.15) is 11.5 Å². The predicted octanol–water partition coefficient (Wildman–Crippen LogP) is 2.81. The fraction of sp³-hybridized carbons (Fsp3) is 0.333. The van der Waals surface area contributed by atoms with Gasteiger partial charge in [-0.15, -0.1) is 0 Å². The van der Waals surface area contributed by atoms with Gasteiger partial charge in [0.15, 0.2) is 0 Å². The lowest BCUT2D eigenvalue weighted by Crippen LogP contribution is -2.34. The molecular weight excluding hydrogens is 344 g/mol. The van der Waals surface area contributed by atoms with Crippen LogP contribution in [0, 0.1) is 0 Å². The van der Waals surface area contributed by atoms with Crippen molar-refractivity contribution in [2.45, 2.75) is 19.8 Å². The molecule has 0 heterocycles. The summed E-state index contributed by atoms with van der Waals surface area (Å²) in [6.45, 7) is 2.30. The zero-order valence-electron chi connectivity index (χ0n) is 16.0. The average Bonchev–Trinajstić information content (AvgIpc) is 2.68. The molecule has 0 bridgehead atoms. The van der Waals surface area contributed by atoms with E-state index in [-0.39, 0.29) is 18.2 Å². The van der Waals surface area contributed by atoms with Crippen molar-refractivity contribution in [1.82, 2.24) is 5.32 Å². The summed E-state index contributed by atoms with van der Waals surface area (Å²) in [7, 11) is 3.19. The van der Waals surface area contributed by atoms with E-state index in [9.17, 15) is 9.59 Å². The van der Waals surface area contributed by atoms with Crippen molar-refractivity contribution in [2.24, 2.45) is 0 Å². The van der Waals surface area contributed by atoms with Crippen molar-refractivity contribution >= 4 is 17.5 Å². The Kier molecular flexibility index (Phi) is 7.67. The topological polar surface area (TPSA) is 67.9 Å². The van der Waals surface area contributed by atoms with Crippen molar-refractivity contribution < 1.29 is 19.1 Å². The molecule has 0 unspecified atom stereocenters. The molecule has 2 amide bonds. The van der Waals surface area contributed by atoms with Gasteiger partial charge in [-0.05, 0) is 36.2 Å². The van der Waals surface area contributed by atoms with E-state index in [0.717, 1.165) is 11.3 Å². The molecule has 0 aromatic heterocycles. The Balaban J connectivity index is 1.86. The Hall–Kier alpha value is -3.02. The lowest BCUT2D eigenvalue weighted by molar-refractivity contribution is -0.121. The Bertz CT molecular complexity index is 776. The number of anilines is 1. The van der Waals surface area contributed by atoms with Crippen molar-refractivity contribution in [2.75, 3.05) is 32.2 Å². The minimum Gasteiger partial charge on any atom is -0.497 e. The minimum absolute atomic E-state index is 0.0981. The SMILES string of the molecule is COc1cccc(CCNC(=O)CCN(C(C)=O)c2ccccc2OC)c1. The van der Waals surface area contributed by atoms with Crippen LogP contribution in [0.5, 0.6) is 11.5 Å². The number of methoxy groups -OCH3 is 2. The summed E-state index contributed by atoms with van der Waals surface area (Å²) < 4.78 is 10.5. The molecule has 0 fully saturated rings. The number of carbonyl (C=O) groups excluding carboxylic acids is 2. The first-order valence-electron chi connectivity index (χ1n) is 8.86. The number of ether oxygens (including phenoxy) is 2. The van der Waals surface area contributed by atoms with Crippen LogP contribution in [-0.2, 0) is 16.0 Å². The average molecular weight is 370 g/mol. The Morgan fingerprint density at radius 2 is 1.81 bits per heavy atom. The zero-order valence-corrected chi connectivity index (χ0v) is 16.0. The van der Waals surface area contributed by atoms with Crippen LogP contribution >= 0.6 is 0 Å². The first-order chi connectivity index (χ1) is 13.0. The fourth-order valence-electron chi connectivity index (χ4n) is 2.78. The summed E-state index contributed by atoms with van der Waals surface area (Å²) in [5.41, 5.74) is 1.76. The third-order valence-electron chi connectivity index (χ3n) is 4.19. The van der Waals surface area contributed by atoms with E-state index >= 15 is 0 Å². The van der Waals surface area contributed by atoms with Crippen LogP contribution in [-0.4, -0.2) is 39.1 Å². The molecule has 2 rings (SSSR count). The molecule has 0 aliphatic carbocycles. The maximum absolute atomic E-state index is 12.2. The molecule has 0 radical (unpaired) electrons. The number of hydrogen-bond acceptors (Lipinski definition) is 4. The molecule has 1 N–H and O–H groups in total. The molecule has 0 spiro atoms. The van der Waals surface area contributed by atoms with Crippen molar-refractivity contribution in [3.63, 3.8) is 0 Å². The smallest absolute Gasteiger partial charge is 0.223 e. The third-order valence-corrected chi connectivity index (χ3v) is 4.19. The van der Waals surface area contributed by atoms with Gasteiger partial charge < -0.3 is 19.7 Å². The van der Waals surface area contributed by atoms with Crippen LogP contribution in [0.4, 0.5) is 5.69 Å². The van der Waals surface area contributed by atoms with E-state index in [1.54, 1.807) is 31.3 Å². The number of hydrogen-bond donors (Lipinski definition) is 1. The lowest BCUT2D eigenvalue weighted by atomic mass is 10.1. The van der Waals surface area contributed by atoms with Gasteiger partial charge in [-0.2, -0.15) is 0 Å². The maximum atomic E-state index is 12.2. The fourth-order valence-corrected chi connectivity index (χ4v) is 2.78. The highest BCUT2D eigenvalue weighted by Crippen LogP contribution is 2.27. The standard InChI is InChI=1S/C21H26N2O4/c1-16(24)23(19-9-4-5-10-20(19)27-3)14-12-21(25)22-13-11-17-7-6-8-18(15-17)26-2/h4-10,15H,11-14H2,1-3H3,(H,22,25). The van der Waals surface area contributed by atoms with Crippen molar-refractivity contribution in [3.8, 4) is 11.5 Å². The van der Waals surface area contributed by atoms with Crippen LogP contribution in [0.3, 0.4) is 0 Å². The van der Waals surface area contributed by atoms with Gasteiger partial charge in [0, 0.05) is 26.4 Å². The first kappa shape index (κ1) is 20.3. The number of carbonyl (C=O) groups is 2. The molecule has 144 valence electrons. The molecular formula is C21H26N2O4. The predicted molar refractivity (Wildman–Crippen MR) is 105 cm³/mol. The molecule has 0 saturated heterocycles. The Morgan fingerprint density at radius 1 is 1.04 bits per heavy atom. The van der Waals surface area contributed by atoms with E-state index in [4.69, 9.17) is 9.47 Å². The quantitative estimate of drug-likeness (QED) is 0.737. The van der Waals surface area contributed by atoms with Gasteiger partial charge in [-0.1, -0.05) is 24.3 Å². The van der Waals surface area contributed by atoms with E-state index < -0.39 is 0 Å². The number of rotatable bonds is 9. The Labute approximate surface area is 160 Å². The molecule has 6 heteroatoms. The van der Waals surface area contributed by atoms with E-state index in [2.05, 4.69) is 5.32 Å². The van der Waals surface area contributed by atoms with Gasteiger partial charge >= 0.3 is 0 Å². The highest BCUT2D eigenvalue weighted by Gasteiger charge is 2.16. The van der Waals surface area contributed by atoms with E-state index in [1.807, 2.05) is 36.4 Å². The van der Waals surface area contributed by atoms with Gasteiger partial charge in [0.05, 0.1) is 19.9 Å². The van der Waals surface area contributed by atoms with Crippen LogP contribution in [0.1, 0.15) is 18.9 Å². The third kappa shape index (κ3) is 6.02. The van der Waals surface area contributed by atoms with E-state index in [1.165, 1.54) is 6.92 Å². The molecule has 2 aromatic rings. The summed E-state index contributed by atoms with van der Waals surface area (Å²) in [6, 6.07) is 15.0. The molecule has 0 atom stereocenters.